The maximum Gasteiger partial charge on any atom is 0.345 e. The maximum atomic E-state index is 13.7. The Kier molecular flexibility index (Phi) is 4.17. The van der Waals surface area contributed by atoms with Crippen molar-refractivity contribution in [3.05, 3.63) is 75.7 Å². The highest BCUT2D eigenvalue weighted by atomic mass is 32.1. The molecule has 0 atom stereocenters. The summed E-state index contributed by atoms with van der Waals surface area (Å²) < 4.78 is 18.8. The van der Waals surface area contributed by atoms with Gasteiger partial charge in [0.15, 0.2) is 16.5 Å². The van der Waals surface area contributed by atoms with E-state index >= 15 is 0 Å². The standard InChI is InChI=1S/C19H11FN2O4S/c20-14-6-2-3-10-8-13(18(25)26-16(10)14)15-9-27-19(22-15)21-12-5-1-4-11(7-12)17(23)24/h1-9H,(H,21,22)(H,23,24). The SMILES string of the molecule is O=C(O)c1cccc(Nc2nc(-c3cc4cccc(F)c4oc3=O)cs2)c1. The third kappa shape index (κ3) is 3.30. The van der Waals surface area contributed by atoms with Crippen molar-refractivity contribution < 1.29 is 18.7 Å². The Bertz CT molecular complexity index is 1230. The van der Waals surface area contributed by atoms with Gasteiger partial charge in [-0.25, -0.2) is 19.0 Å². The molecule has 0 saturated heterocycles. The monoisotopic (exact) mass is 382 g/mol. The number of aromatic carboxylic acids is 1. The van der Waals surface area contributed by atoms with E-state index in [-0.39, 0.29) is 16.7 Å². The minimum Gasteiger partial charge on any atom is -0.478 e. The van der Waals surface area contributed by atoms with Gasteiger partial charge in [-0.05, 0) is 30.3 Å². The predicted octanol–water partition coefficient (Wildman–Crippen LogP) is 4.50. The number of carboxylic acid groups (broad SMARTS) is 1. The first-order chi connectivity index (χ1) is 13.0. The molecule has 8 heteroatoms. The lowest BCUT2D eigenvalue weighted by molar-refractivity contribution is 0.0697. The van der Waals surface area contributed by atoms with Crippen molar-refractivity contribution in [2.75, 3.05) is 5.32 Å². The minimum absolute atomic E-state index is 0.0923. The van der Waals surface area contributed by atoms with Crippen molar-refractivity contribution in [1.82, 2.24) is 4.98 Å². The van der Waals surface area contributed by atoms with E-state index in [1.807, 2.05) is 0 Å². The quantitative estimate of drug-likeness (QED) is 0.505. The number of carbonyl (C=O) groups is 1. The van der Waals surface area contributed by atoms with Gasteiger partial charge in [0.05, 0.1) is 16.8 Å². The van der Waals surface area contributed by atoms with Crippen LogP contribution in [0.25, 0.3) is 22.2 Å². The second kappa shape index (κ2) is 6.65. The molecule has 0 aliphatic heterocycles. The van der Waals surface area contributed by atoms with E-state index in [0.29, 0.717) is 21.9 Å². The summed E-state index contributed by atoms with van der Waals surface area (Å²) in [5.74, 6) is -1.63. The first-order valence-electron chi connectivity index (χ1n) is 7.80. The third-order valence-electron chi connectivity index (χ3n) is 3.85. The molecule has 0 radical (unpaired) electrons. The average Bonchev–Trinajstić information content (AvgIpc) is 3.10. The lowest BCUT2D eigenvalue weighted by Crippen LogP contribution is -2.03. The molecule has 2 N–H and O–H groups in total. The van der Waals surface area contributed by atoms with Crippen LogP contribution in [0.5, 0.6) is 0 Å². The Balaban J connectivity index is 1.68. The van der Waals surface area contributed by atoms with E-state index in [2.05, 4.69) is 10.3 Å². The lowest BCUT2D eigenvalue weighted by Gasteiger charge is -2.03. The highest BCUT2D eigenvalue weighted by Gasteiger charge is 2.14. The van der Waals surface area contributed by atoms with Gasteiger partial charge in [0, 0.05) is 16.5 Å². The van der Waals surface area contributed by atoms with Gasteiger partial charge in [0.1, 0.15) is 0 Å². The van der Waals surface area contributed by atoms with Gasteiger partial charge in [-0.2, -0.15) is 0 Å². The normalized spacial score (nSPS) is 10.9. The molecule has 0 aliphatic carbocycles. The van der Waals surface area contributed by atoms with E-state index in [1.165, 1.54) is 41.7 Å². The van der Waals surface area contributed by atoms with Crippen LogP contribution in [-0.2, 0) is 0 Å². The molecule has 0 fully saturated rings. The second-order valence-corrected chi connectivity index (χ2v) is 6.51. The predicted molar refractivity (Wildman–Crippen MR) is 100 cm³/mol. The molecule has 4 aromatic rings. The maximum absolute atomic E-state index is 13.7. The number of hydrogen-bond acceptors (Lipinski definition) is 6. The lowest BCUT2D eigenvalue weighted by atomic mass is 10.1. The molecule has 0 unspecified atom stereocenters. The first-order valence-corrected chi connectivity index (χ1v) is 8.68. The van der Waals surface area contributed by atoms with Crippen LogP contribution in [0.15, 0.2) is 63.1 Å². The number of nitrogens with zero attached hydrogens (tertiary/aromatic N) is 1. The first kappa shape index (κ1) is 16.9. The van der Waals surface area contributed by atoms with Gasteiger partial charge >= 0.3 is 11.6 Å². The van der Waals surface area contributed by atoms with Crippen molar-refractivity contribution in [3.63, 3.8) is 0 Å². The third-order valence-corrected chi connectivity index (χ3v) is 4.61. The minimum atomic E-state index is -1.03. The van der Waals surface area contributed by atoms with Crippen molar-refractivity contribution in [2.24, 2.45) is 0 Å². The summed E-state index contributed by atoms with van der Waals surface area (Å²) in [5.41, 5.74) is 0.536. The fraction of sp³-hybridized carbons (Fsp3) is 0. The zero-order valence-corrected chi connectivity index (χ0v) is 14.4. The van der Waals surface area contributed by atoms with Crippen molar-refractivity contribution in [3.8, 4) is 11.3 Å². The van der Waals surface area contributed by atoms with Crippen LogP contribution in [0, 0.1) is 5.82 Å². The van der Waals surface area contributed by atoms with Crippen molar-refractivity contribution >= 4 is 39.1 Å². The van der Waals surface area contributed by atoms with Gasteiger partial charge < -0.3 is 14.8 Å². The summed E-state index contributed by atoms with van der Waals surface area (Å²) in [6.45, 7) is 0. The largest absolute Gasteiger partial charge is 0.478 e. The average molecular weight is 382 g/mol. The van der Waals surface area contributed by atoms with Crippen LogP contribution in [0.1, 0.15) is 10.4 Å². The number of thiazole rings is 1. The molecule has 0 bridgehead atoms. The van der Waals surface area contributed by atoms with E-state index in [4.69, 9.17) is 9.52 Å². The molecule has 2 aromatic carbocycles. The summed E-state index contributed by atoms with van der Waals surface area (Å²) >= 11 is 1.25. The number of rotatable bonds is 4. The molecule has 0 saturated carbocycles. The summed E-state index contributed by atoms with van der Waals surface area (Å²) in [6, 6.07) is 12.2. The van der Waals surface area contributed by atoms with Crippen molar-refractivity contribution in [1.29, 1.82) is 0 Å². The van der Waals surface area contributed by atoms with E-state index in [9.17, 15) is 14.0 Å². The van der Waals surface area contributed by atoms with Crippen molar-refractivity contribution in [2.45, 2.75) is 0 Å². The number of nitrogens with one attached hydrogen (secondary N) is 1. The molecule has 2 heterocycles. The Morgan fingerprint density at radius 3 is 2.81 bits per heavy atom. The van der Waals surface area contributed by atoms with Gasteiger partial charge in [0.25, 0.3) is 0 Å². The molecule has 27 heavy (non-hydrogen) atoms. The van der Waals surface area contributed by atoms with Gasteiger partial charge in [-0.15, -0.1) is 11.3 Å². The molecule has 0 amide bonds. The summed E-state index contributed by atoms with van der Waals surface area (Å²) in [5, 5.41) is 14.7. The molecule has 2 aromatic heterocycles. The Hall–Kier alpha value is -3.52. The highest BCUT2D eigenvalue weighted by molar-refractivity contribution is 7.14. The fourth-order valence-electron chi connectivity index (χ4n) is 2.60. The zero-order chi connectivity index (χ0) is 19.0. The highest BCUT2D eigenvalue weighted by Crippen LogP contribution is 2.28. The number of benzene rings is 2. The number of para-hydroxylation sites is 1. The van der Waals surface area contributed by atoms with Crippen LogP contribution < -0.4 is 10.9 Å². The van der Waals surface area contributed by atoms with Gasteiger partial charge in [-0.3, -0.25) is 0 Å². The van der Waals surface area contributed by atoms with Gasteiger partial charge in [-0.1, -0.05) is 18.2 Å². The van der Waals surface area contributed by atoms with Crippen LogP contribution in [0.3, 0.4) is 0 Å². The van der Waals surface area contributed by atoms with E-state index in [0.717, 1.165) is 0 Å². The molecule has 134 valence electrons. The van der Waals surface area contributed by atoms with Crippen LogP contribution in [0.4, 0.5) is 15.2 Å². The van der Waals surface area contributed by atoms with Crippen LogP contribution in [-0.4, -0.2) is 16.1 Å². The number of halogens is 1. The number of aromatic nitrogens is 1. The Labute approximate surface area is 155 Å². The Morgan fingerprint density at radius 2 is 2.00 bits per heavy atom. The zero-order valence-electron chi connectivity index (χ0n) is 13.6. The van der Waals surface area contributed by atoms with E-state index < -0.39 is 17.4 Å². The van der Waals surface area contributed by atoms with Crippen LogP contribution in [0.2, 0.25) is 0 Å². The van der Waals surface area contributed by atoms with E-state index in [1.54, 1.807) is 23.6 Å². The van der Waals surface area contributed by atoms with Crippen LogP contribution >= 0.6 is 11.3 Å². The fourth-order valence-corrected chi connectivity index (χ4v) is 3.33. The summed E-state index contributed by atoms with van der Waals surface area (Å²) in [7, 11) is 0. The summed E-state index contributed by atoms with van der Waals surface area (Å²) in [6.07, 6.45) is 0. The molecule has 6 nitrogen and oxygen atoms in total. The Morgan fingerprint density at radius 1 is 1.19 bits per heavy atom. The molecular formula is C19H11FN2O4S. The second-order valence-electron chi connectivity index (χ2n) is 5.65. The smallest absolute Gasteiger partial charge is 0.345 e. The number of hydrogen-bond donors (Lipinski definition) is 2. The molecule has 0 aliphatic rings. The number of carboxylic acids is 1. The topological polar surface area (TPSA) is 92.4 Å². The van der Waals surface area contributed by atoms with Gasteiger partial charge in [0.2, 0.25) is 0 Å². The molecule has 4 rings (SSSR count). The number of anilines is 2. The summed E-state index contributed by atoms with van der Waals surface area (Å²) in [4.78, 5) is 27.6. The molecule has 0 spiro atoms. The number of fused-ring (bicyclic) bond motifs is 1. The molecular weight excluding hydrogens is 371 g/mol.